The van der Waals surface area contributed by atoms with Crippen LogP contribution in [0.25, 0.3) is 10.2 Å². The van der Waals surface area contributed by atoms with E-state index in [0.29, 0.717) is 10.2 Å². The fourth-order valence-corrected chi connectivity index (χ4v) is 3.07. The quantitative estimate of drug-likeness (QED) is 0.761. The Kier molecular flexibility index (Phi) is 6.47. The first-order valence-corrected chi connectivity index (χ1v) is 8.81. The minimum absolute atomic E-state index is 0.165. The van der Waals surface area contributed by atoms with Crippen LogP contribution < -0.4 is 15.4 Å². The van der Waals surface area contributed by atoms with Crippen molar-refractivity contribution in [1.82, 2.24) is 10.3 Å². The lowest BCUT2D eigenvalue weighted by molar-refractivity contribution is -0.274. The van der Waals surface area contributed by atoms with Gasteiger partial charge >= 0.3 is 12.5 Å². The van der Waals surface area contributed by atoms with Gasteiger partial charge in [0.15, 0.2) is 5.13 Å². The number of nitrogens with zero attached hydrogens (tertiary/aromatic N) is 1. The minimum atomic E-state index is -4.79. The molecule has 1 heterocycles. The van der Waals surface area contributed by atoms with Gasteiger partial charge in [0.1, 0.15) is 11.8 Å². The summed E-state index contributed by atoms with van der Waals surface area (Å²) in [7, 11) is 0. The molecule has 148 valence electrons. The Balaban J connectivity index is 2.14. The summed E-state index contributed by atoms with van der Waals surface area (Å²) in [6.07, 6.45) is -5.51. The van der Waals surface area contributed by atoms with Crippen LogP contribution in [-0.4, -0.2) is 36.0 Å². The zero-order valence-corrected chi connectivity index (χ0v) is 15.5. The number of rotatable bonds is 6. The molecule has 11 heteroatoms. The van der Waals surface area contributed by atoms with Crippen molar-refractivity contribution in [2.24, 2.45) is 5.92 Å². The molecule has 0 bridgehead atoms. The number of hydrogen-bond acceptors (Lipinski definition) is 6. The maximum absolute atomic E-state index is 12.4. The monoisotopic (exact) mass is 405 g/mol. The number of thiazole rings is 1. The number of aromatic nitrogens is 1. The van der Waals surface area contributed by atoms with Crippen LogP contribution in [-0.2, 0) is 9.53 Å². The van der Waals surface area contributed by atoms with Gasteiger partial charge in [-0.3, -0.25) is 4.79 Å². The molecule has 2 aromatic rings. The second-order valence-corrected chi connectivity index (χ2v) is 6.80. The molecule has 0 radical (unpaired) electrons. The van der Waals surface area contributed by atoms with E-state index in [-0.39, 0.29) is 23.4 Å². The van der Waals surface area contributed by atoms with Gasteiger partial charge in [0.25, 0.3) is 0 Å². The van der Waals surface area contributed by atoms with Gasteiger partial charge in [-0.15, -0.1) is 13.2 Å². The third-order valence-corrected chi connectivity index (χ3v) is 4.26. The lowest BCUT2D eigenvalue weighted by atomic mass is 10.0. The highest BCUT2D eigenvalue weighted by atomic mass is 32.1. The smallest absolute Gasteiger partial charge is 0.450 e. The molecule has 0 spiro atoms. The fraction of sp³-hybridized carbons (Fsp3) is 0.438. The lowest BCUT2D eigenvalue weighted by Crippen LogP contribution is -2.47. The van der Waals surface area contributed by atoms with Gasteiger partial charge in [-0.25, -0.2) is 9.78 Å². The Morgan fingerprint density at radius 2 is 2.00 bits per heavy atom. The predicted octanol–water partition coefficient (Wildman–Crippen LogP) is 3.90. The van der Waals surface area contributed by atoms with E-state index in [0.717, 1.165) is 17.4 Å². The predicted molar refractivity (Wildman–Crippen MR) is 93.7 cm³/mol. The molecule has 0 fully saturated rings. The van der Waals surface area contributed by atoms with Crippen LogP contribution in [0.2, 0.25) is 0 Å². The van der Waals surface area contributed by atoms with E-state index in [1.54, 1.807) is 20.8 Å². The first-order valence-electron chi connectivity index (χ1n) is 7.99. The molecule has 1 aromatic carbocycles. The summed E-state index contributed by atoms with van der Waals surface area (Å²) in [5, 5.41) is 5.22. The Morgan fingerprint density at radius 1 is 1.30 bits per heavy atom. The molecule has 2 amide bonds. The van der Waals surface area contributed by atoms with Gasteiger partial charge in [-0.1, -0.05) is 25.2 Å². The second-order valence-electron chi connectivity index (χ2n) is 5.77. The van der Waals surface area contributed by atoms with Crippen molar-refractivity contribution in [3.8, 4) is 5.75 Å². The number of anilines is 1. The fourth-order valence-electron chi connectivity index (χ4n) is 2.17. The standard InChI is InChI=1S/C16H18F3N3O4S/c1-4-25-15(24)21-12(8(2)3)13(23)22-14-20-10-6-5-9(7-11(10)27-14)26-16(17,18)19/h5-8,12H,4H2,1-3H3,(H,21,24)(H,20,22,23). The van der Waals surface area contributed by atoms with Gasteiger partial charge < -0.3 is 20.1 Å². The van der Waals surface area contributed by atoms with Crippen molar-refractivity contribution in [2.45, 2.75) is 33.2 Å². The van der Waals surface area contributed by atoms with Crippen LogP contribution in [0.3, 0.4) is 0 Å². The third-order valence-electron chi connectivity index (χ3n) is 3.32. The number of benzene rings is 1. The van der Waals surface area contributed by atoms with Crippen molar-refractivity contribution >= 4 is 38.7 Å². The number of halogens is 3. The number of carbonyl (C=O) groups is 2. The van der Waals surface area contributed by atoms with Crippen LogP contribution >= 0.6 is 11.3 Å². The molecule has 1 atom stereocenters. The summed E-state index contributed by atoms with van der Waals surface area (Å²) in [5.41, 5.74) is 0.407. The molecular weight excluding hydrogens is 387 g/mol. The minimum Gasteiger partial charge on any atom is -0.450 e. The molecule has 0 saturated heterocycles. The Hall–Kier alpha value is -2.56. The molecule has 0 aliphatic rings. The number of fused-ring (bicyclic) bond motifs is 1. The number of carbonyl (C=O) groups excluding carboxylic acids is 2. The molecule has 1 unspecified atom stereocenters. The van der Waals surface area contributed by atoms with Crippen molar-refractivity contribution in [1.29, 1.82) is 0 Å². The van der Waals surface area contributed by atoms with E-state index in [2.05, 4.69) is 20.4 Å². The van der Waals surface area contributed by atoms with Gasteiger partial charge in [0, 0.05) is 6.07 Å². The van der Waals surface area contributed by atoms with Crippen LogP contribution in [0, 0.1) is 5.92 Å². The Bertz CT molecular complexity index is 823. The van der Waals surface area contributed by atoms with Crippen molar-refractivity contribution in [3.05, 3.63) is 18.2 Å². The molecule has 0 aliphatic carbocycles. The second kappa shape index (κ2) is 8.42. The summed E-state index contributed by atoms with van der Waals surface area (Å²) in [6, 6.07) is 2.83. The largest absolute Gasteiger partial charge is 0.573 e. The number of ether oxygens (including phenoxy) is 2. The average molecular weight is 405 g/mol. The lowest BCUT2D eigenvalue weighted by Gasteiger charge is -2.20. The van der Waals surface area contributed by atoms with Gasteiger partial charge in [-0.2, -0.15) is 0 Å². The maximum Gasteiger partial charge on any atom is 0.573 e. The number of nitrogens with one attached hydrogen (secondary N) is 2. The maximum atomic E-state index is 12.4. The van der Waals surface area contributed by atoms with E-state index in [4.69, 9.17) is 4.74 Å². The number of hydrogen-bond donors (Lipinski definition) is 2. The van der Waals surface area contributed by atoms with Gasteiger partial charge in [-0.05, 0) is 25.0 Å². The van der Waals surface area contributed by atoms with Gasteiger partial charge in [0.05, 0.1) is 16.8 Å². The molecule has 0 saturated carbocycles. The Morgan fingerprint density at radius 3 is 2.59 bits per heavy atom. The molecule has 2 rings (SSSR count). The molecule has 0 aliphatic heterocycles. The number of alkyl carbamates (subject to hydrolysis) is 1. The highest BCUT2D eigenvalue weighted by Gasteiger charge is 2.31. The summed E-state index contributed by atoms with van der Waals surface area (Å²) in [5.74, 6) is -1.11. The highest BCUT2D eigenvalue weighted by molar-refractivity contribution is 7.22. The number of alkyl halides is 3. The SMILES string of the molecule is CCOC(=O)NC(C(=O)Nc1nc2ccc(OC(F)(F)F)cc2s1)C(C)C. The van der Waals surface area contributed by atoms with E-state index in [9.17, 15) is 22.8 Å². The van der Waals surface area contributed by atoms with E-state index in [1.165, 1.54) is 12.1 Å². The van der Waals surface area contributed by atoms with Crippen molar-refractivity contribution < 1.29 is 32.2 Å². The molecule has 2 N–H and O–H groups in total. The summed E-state index contributed by atoms with van der Waals surface area (Å²) < 4.78 is 46.0. The van der Waals surface area contributed by atoms with Crippen LogP contribution in [0.4, 0.5) is 23.1 Å². The Labute approximate surface area is 156 Å². The zero-order chi connectivity index (χ0) is 20.2. The highest BCUT2D eigenvalue weighted by Crippen LogP contribution is 2.31. The third kappa shape index (κ3) is 5.98. The summed E-state index contributed by atoms with van der Waals surface area (Å²) >= 11 is 0.990. The average Bonchev–Trinajstić information content (AvgIpc) is 2.92. The first kappa shape index (κ1) is 20.7. The summed E-state index contributed by atoms with van der Waals surface area (Å²) in [6.45, 7) is 5.30. The molecule has 7 nitrogen and oxygen atoms in total. The van der Waals surface area contributed by atoms with Crippen molar-refractivity contribution in [2.75, 3.05) is 11.9 Å². The number of amides is 2. The molecule has 27 heavy (non-hydrogen) atoms. The summed E-state index contributed by atoms with van der Waals surface area (Å²) in [4.78, 5) is 28.2. The zero-order valence-electron chi connectivity index (χ0n) is 14.7. The van der Waals surface area contributed by atoms with Gasteiger partial charge in [0.2, 0.25) is 5.91 Å². The normalized spacial score (nSPS) is 12.7. The molecule has 1 aromatic heterocycles. The van der Waals surface area contributed by atoms with E-state index in [1.807, 2.05) is 0 Å². The van der Waals surface area contributed by atoms with Crippen LogP contribution in [0.1, 0.15) is 20.8 Å². The van der Waals surface area contributed by atoms with Crippen LogP contribution in [0.15, 0.2) is 18.2 Å². The van der Waals surface area contributed by atoms with Crippen molar-refractivity contribution in [3.63, 3.8) is 0 Å². The van der Waals surface area contributed by atoms with E-state index < -0.39 is 24.4 Å². The van der Waals surface area contributed by atoms with E-state index >= 15 is 0 Å². The molecular formula is C16H18F3N3O4S. The van der Waals surface area contributed by atoms with Crippen LogP contribution in [0.5, 0.6) is 5.75 Å². The topological polar surface area (TPSA) is 89.5 Å². The first-order chi connectivity index (χ1) is 12.6.